The van der Waals surface area contributed by atoms with Crippen LogP contribution in [-0.2, 0) is 17.7 Å². The minimum atomic E-state index is 0. The van der Waals surface area contributed by atoms with Gasteiger partial charge >= 0.3 is 0 Å². The summed E-state index contributed by atoms with van der Waals surface area (Å²) in [5.74, 6) is 0.913. The van der Waals surface area contributed by atoms with E-state index in [9.17, 15) is 0 Å². The van der Waals surface area contributed by atoms with Crippen LogP contribution in [0.2, 0.25) is 0 Å². The Labute approximate surface area is 171 Å². The van der Waals surface area contributed by atoms with Crippen molar-refractivity contribution in [3.8, 4) is 0 Å². The molecule has 4 unspecified atom stereocenters. The molecular weight excluding hydrogens is 447 g/mol. The van der Waals surface area contributed by atoms with Crippen molar-refractivity contribution in [2.75, 3.05) is 20.1 Å². The van der Waals surface area contributed by atoms with Crippen molar-refractivity contribution in [3.05, 3.63) is 21.9 Å². The number of rotatable bonds is 4. The maximum absolute atomic E-state index is 5.92. The maximum Gasteiger partial charge on any atom is 0.191 e. The van der Waals surface area contributed by atoms with Crippen molar-refractivity contribution in [1.29, 1.82) is 0 Å². The van der Waals surface area contributed by atoms with Gasteiger partial charge in [0.05, 0.1) is 18.2 Å². The molecule has 4 rings (SSSR count). The summed E-state index contributed by atoms with van der Waals surface area (Å²) in [7, 11) is 1.85. The van der Waals surface area contributed by atoms with Crippen molar-refractivity contribution >= 4 is 41.3 Å². The smallest absolute Gasteiger partial charge is 0.191 e. The molecule has 4 atom stereocenters. The first kappa shape index (κ1) is 19.4. The highest BCUT2D eigenvalue weighted by atomic mass is 127. The Balaban J connectivity index is 0.00000182. The zero-order valence-corrected chi connectivity index (χ0v) is 18.2. The zero-order chi connectivity index (χ0) is 16.5. The molecule has 0 aliphatic carbocycles. The summed E-state index contributed by atoms with van der Waals surface area (Å²) >= 11 is 1.90. The Hall–Kier alpha value is -0.380. The van der Waals surface area contributed by atoms with Gasteiger partial charge in [0.15, 0.2) is 5.96 Å². The average Bonchev–Trinajstić information content (AvgIpc) is 3.33. The van der Waals surface area contributed by atoms with Gasteiger partial charge in [0.25, 0.3) is 0 Å². The molecule has 5 nitrogen and oxygen atoms in total. The van der Waals surface area contributed by atoms with E-state index in [0.717, 1.165) is 32.0 Å². The summed E-state index contributed by atoms with van der Waals surface area (Å²) in [6, 6.07) is 3.20. The monoisotopic (exact) mass is 476 g/mol. The Morgan fingerprint density at radius 2 is 2.36 bits per heavy atom. The molecule has 0 radical (unpaired) electrons. The molecule has 0 spiro atoms. The fourth-order valence-corrected chi connectivity index (χ4v) is 5.07. The third kappa shape index (κ3) is 4.31. The number of halogens is 1. The van der Waals surface area contributed by atoms with Crippen LogP contribution in [0.15, 0.2) is 16.4 Å². The highest BCUT2D eigenvalue weighted by Gasteiger charge is 2.41. The standard InChI is InChI=1S/C18H28N4OS.HI/c1-12(22-7-5-17-13(11-22)6-8-24-17)10-20-18(19-2)21-15-9-14-3-4-16(15)23-14;/h6,8,12,14-16H,3-5,7,9-11H2,1-2H3,(H2,19,20,21);1H. The minimum absolute atomic E-state index is 0. The van der Waals surface area contributed by atoms with E-state index in [2.05, 4.69) is 38.9 Å². The van der Waals surface area contributed by atoms with Crippen molar-refractivity contribution in [2.24, 2.45) is 4.99 Å². The molecular formula is C18H29IN4OS. The van der Waals surface area contributed by atoms with E-state index in [0.29, 0.717) is 24.3 Å². The highest BCUT2D eigenvalue weighted by Crippen LogP contribution is 2.34. The summed E-state index contributed by atoms with van der Waals surface area (Å²) < 4.78 is 5.92. The second-order valence-electron chi connectivity index (χ2n) is 7.25. The highest BCUT2D eigenvalue weighted by molar-refractivity contribution is 14.0. The number of aliphatic imine (C=N–C) groups is 1. The van der Waals surface area contributed by atoms with Gasteiger partial charge in [-0.2, -0.15) is 0 Å². The maximum atomic E-state index is 5.92. The van der Waals surface area contributed by atoms with E-state index >= 15 is 0 Å². The van der Waals surface area contributed by atoms with Gasteiger partial charge in [-0.15, -0.1) is 35.3 Å². The first-order valence-corrected chi connectivity index (χ1v) is 10.0. The molecule has 2 fully saturated rings. The Bertz CT molecular complexity index is 608. The van der Waals surface area contributed by atoms with Crippen LogP contribution in [0.1, 0.15) is 36.6 Å². The normalized spacial score (nSPS) is 29.8. The molecule has 140 valence electrons. The van der Waals surface area contributed by atoms with E-state index in [4.69, 9.17) is 4.74 Å². The first-order valence-electron chi connectivity index (χ1n) is 9.15. The van der Waals surface area contributed by atoms with Crippen LogP contribution in [-0.4, -0.2) is 55.3 Å². The van der Waals surface area contributed by atoms with E-state index < -0.39 is 0 Å². The van der Waals surface area contributed by atoms with Gasteiger partial charge in [0, 0.05) is 37.6 Å². The summed E-state index contributed by atoms with van der Waals surface area (Å²) in [5.41, 5.74) is 1.51. The molecule has 0 saturated carbocycles. The van der Waals surface area contributed by atoms with Gasteiger partial charge in [-0.25, -0.2) is 0 Å². The Morgan fingerprint density at radius 1 is 1.48 bits per heavy atom. The number of nitrogens with zero attached hydrogens (tertiary/aromatic N) is 2. The van der Waals surface area contributed by atoms with Gasteiger partial charge in [0.1, 0.15) is 0 Å². The fourth-order valence-electron chi connectivity index (χ4n) is 4.18. The number of guanidine groups is 1. The molecule has 0 amide bonds. The molecule has 2 N–H and O–H groups in total. The molecule has 4 heterocycles. The Morgan fingerprint density at radius 3 is 3.08 bits per heavy atom. The van der Waals surface area contributed by atoms with Crippen molar-refractivity contribution in [2.45, 2.75) is 63.4 Å². The molecule has 2 saturated heterocycles. The topological polar surface area (TPSA) is 48.9 Å². The molecule has 0 aromatic carbocycles. The van der Waals surface area contributed by atoms with Crippen LogP contribution in [0.25, 0.3) is 0 Å². The van der Waals surface area contributed by atoms with Crippen LogP contribution < -0.4 is 10.6 Å². The zero-order valence-electron chi connectivity index (χ0n) is 15.0. The molecule has 7 heteroatoms. The van der Waals surface area contributed by atoms with Crippen LogP contribution in [0.4, 0.5) is 0 Å². The molecule has 1 aromatic rings. The van der Waals surface area contributed by atoms with Gasteiger partial charge in [-0.05, 0) is 49.6 Å². The molecule has 2 bridgehead atoms. The van der Waals surface area contributed by atoms with Crippen LogP contribution in [0, 0.1) is 0 Å². The van der Waals surface area contributed by atoms with Crippen LogP contribution in [0.3, 0.4) is 0 Å². The second-order valence-corrected chi connectivity index (χ2v) is 8.25. The summed E-state index contributed by atoms with van der Waals surface area (Å²) in [5, 5.41) is 9.30. The lowest BCUT2D eigenvalue weighted by Crippen LogP contribution is -2.51. The molecule has 3 aliphatic rings. The van der Waals surface area contributed by atoms with E-state index in [1.165, 1.54) is 24.8 Å². The van der Waals surface area contributed by atoms with Crippen molar-refractivity contribution < 1.29 is 4.74 Å². The quantitative estimate of drug-likeness (QED) is 0.399. The van der Waals surface area contributed by atoms with Crippen molar-refractivity contribution in [3.63, 3.8) is 0 Å². The minimum Gasteiger partial charge on any atom is -0.373 e. The van der Waals surface area contributed by atoms with Gasteiger partial charge in [0.2, 0.25) is 0 Å². The van der Waals surface area contributed by atoms with E-state index in [-0.39, 0.29) is 24.0 Å². The summed E-state index contributed by atoms with van der Waals surface area (Å²) in [6.07, 6.45) is 5.57. The van der Waals surface area contributed by atoms with E-state index in [1.807, 2.05) is 18.4 Å². The number of thiophene rings is 1. The van der Waals surface area contributed by atoms with Crippen LogP contribution in [0.5, 0.6) is 0 Å². The predicted octanol–water partition coefficient (Wildman–Crippen LogP) is 2.60. The Kier molecular flexibility index (Phi) is 6.62. The number of hydrogen-bond donors (Lipinski definition) is 2. The summed E-state index contributed by atoms with van der Waals surface area (Å²) in [6.45, 7) is 5.45. The van der Waals surface area contributed by atoms with Gasteiger partial charge in [-0.3, -0.25) is 9.89 Å². The third-order valence-electron chi connectivity index (χ3n) is 5.68. The van der Waals surface area contributed by atoms with E-state index in [1.54, 1.807) is 4.88 Å². The largest absolute Gasteiger partial charge is 0.373 e. The fraction of sp³-hybridized carbons (Fsp3) is 0.722. The first-order chi connectivity index (χ1) is 11.7. The predicted molar refractivity (Wildman–Crippen MR) is 114 cm³/mol. The number of hydrogen-bond acceptors (Lipinski definition) is 4. The van der Waals surface area contributed by atoms with Crippen LogP contribution >= 0.6 is 35.3 Å². The third-order valence-corrected chi connectivity index (χ3v) is 6.70. The average molecular weight is 476 g/mol. The molecule has 1 aromatic heterocycles. The summed E-state index contributed by atoms with van der Waals surface area (Å²) in [4.78, 5) is 8.54. The van der Waals surface area contributed by atoms with Crippen molar-refractivity contribution in [1.82, 2.24) is 15.5 Å². The lowest BCUT2D eigenvalue weighted by Gasteiger charge is -2.33. The lowest BCUT2D eigenvalue weighted by atomic mass is 9.96. The second kappa shape index (κ2) is 8.54. The number of nitrogens with one attached hydrogen (secondary N) is 2. The lowest BCUT2D eigenvalue weighted by molar-refractivity contribution is 0.0992. The molecule has 3 aliphatic heterocycles. The number of ether oxygens (including phenoxy) is 1. The molecule has 25 heavy (non-hydrogen) atoms. The number of fused-ring (bicyclic) bond motifs is 3. The van der Waals surface area contributed by atoms with Gasteiger partial charge in [-0.1, -0.05) is 0 Å². The van der Waals surface area contributed by atoms with Gasteiger partial charge < -0.3 is 15.4 Å². The SMILES string of the molecule is CN=C(NCC(C)N1CCc2sccc2C1)NC1CC2CCC1O2.I.